The zero-order valence-electron chi connectivity index (χ0n) is 19.5. The summed E-state index contributed by atoms with van der Waals surface area (Å²) in [4.78, 5) is 40.8. The van der Waals surface area contributed by atoms with Crippen LogP contribution in [-0.2, 0) is 19.1 Å². The predicted molar refractivity (Wildman–Crippen MR) is 114 cm³/mol. The van der Waals surface area contributed by atoms with Gasteiger partial charge in [0.2, 0.25) is 5.79 Å². The smallest absolute Gasteiger partial charge is 0.343 e. The first-order valence-corrected chi connectivity index (χ1v) is 11.9. The molecule has 2 spiro atoms. The number of ketones is 2. The largest absolute Gasteiger partial charge is 0.457 e. The second kappa shape index (κ2) is 6.44. The zero-order valence-corrected chi connectivity index (χ0v) is 19.5. The van der Waals surface area contributed by atoms with Gasteiger partial charge < -0.3 is 24.2 Å². The van der Waals surface area contributed by atoms with Gasteiger partial charge in [-0.25, -0.2) is 4.79 Å². The normalized spacial score (nSPS) is 46.3. The van der Waals surface area contributed by atoms with Crippen molar-refractivity contribution >= 4 is 17.5 Å². The highest BCUT2D eigenvalue weighted by Gasteiger charge is 2.88. The van der Waals surface area contributed by atoms with Crippen molar-refractivity contribution < 1.29 is 38.6 Å². The van der Waals surface area contributed by atoms with E-state index in [-0.39, 0.29) is 29.3 Å². The maximum Gasteiger partial charge on any atom is 0.343 e. The number of carbonyl (C=O) groups is 3. The Kier molecular flexibility index (Phi) is 4.19. The van der Waals surface area contributed by atoms with Crippen molar-refractivity contribution in [3.8, 4) is 0 Å². The third-order valence-corrected chi connectivity index (χ3v) is 9.82. The highest BCUT2D eigenvalue weighted by atomic mass is 16.6. The molecular weight excluding hydrogens is 442 g/mol. The number of esters is 1. The number of ether oxygens (including phenoxy) is 2. The average Bonchev–Trinajstić information content (AvgIpc) is 3.26. The van der Waals surface area contributed by atoms with Gasteiger partial charge >= 0.3 is 5.97 Å². The van der Waals surface area contributed by atoms with Crippen LogP contribution in [0, 0.1) is 40.9 Å². The molecule has 1 aromatic rings. The van der Waals surface area contributed by atoms with Gasteiger partial charge in [-0.15, -0.1) is 0 Å². The Morgan fingerprint density at radius 1 is 1.29 bits per heavy atom. The number of aliphatic hydroxyl groups is 2. The average molecular weight is 472 g/mol. The molecule has 4 bridgehead atoms. The topological polar surface area (TPSA) is 136 Å². The first kappa shape index (κ1) is 22.1. The molecule has 6 fully saturated rings. The summed E-state index contributed by atoms with van der Waals surface area (Å²) in [5, 5.41) is 27.4. The number of Topliss-reactive ketones (excluding diaryl/α,β-unsaturated/α-hetero) is 2. The molecule has 9 heteroatoms. The Balaban J connectivity index is 1.56. The minimum absolute atomic E-state index is 0.0642. The molecule has 9 nitrogen and oxygen atoms in total. The quantitative estimate of drug-likeness (QED) is 0.488. The van der Waals surface area contributed by atoms with Crippen molar-refractivity contribution in [3.05, 3.63) is 29.7 Å². The standard InChI is InChI=1S/C25H29NO8/c1-11-13-5-6-15-23-10-32-25(31,19(29)17(23)22(3,4)8-7-16(23)27)24(15,18(11)28)20(13)33-21(30)14-9-26-34-12(14)2/h9,13,15,17,19-20,29,31H,1,5-8,10H2,2-4H3/t13-,15-,17+,19-,20+,23+,24-,25+/m0/s1. The van der Waals surface area contributed by atoms with Gasteiger partial charge in [0, 0.05) is 18.3 Å². The number of hydrogen-bond donors (Lipinski definition) is 2. The van der Waals surface area contributed by atoms with Crippen molar-refractivity contribution in [1.82, 2.24) is 5.16 Å². The second-order valence-corrected chi connectivity index (χ2v) is 11.4. The van der Waals surface area contributed by atoms with Gasteiger partial charge in [-0.1, -0.05) is 25.6 Å². The lowest BCUT2D eigenvalue weighted by Crippen LogP contribution is -2.85. The van der Waals surface area contributed by atoms with Crippen LogP contribution < -0.4 is 0 Å². The molecule has 3 heterocycles. The van der Waals surface area contributed by atoms with Gasteiger partial charge in [0.25, 0.3) is 0 Å². The van der Waals surface area contributed by atoms with Gasteiger partial charge in [-0.05, 0) is 43.1 Å². The molecule has 34 heavy (non-hydrogen) atoms. The van der Waals surface area contributed by atoms with Crippen LogP contribution in [0.15, 0.2) is 22.9 Å². The predicted octanol–water partition coefficient (Wildman–Crippen LogP) is 1.74. The van der Waals surface area contributed by atoms with E-state index in [2.05, 4.69) is 11.7 Å². The van der Waals surface area contributed by atoms with Gasteiger partial charge in [-0.3, -0.25) is 9.59 Å². The van der Waals surface area contributed by atoms with E-state index in [4.69, 9.17) is 14.0 Å². The molecular formula is C25H29NO8. The molecule has 2 aliphatic heterocycles. The van der Waals surface area contributed by atoms with E-state index in [0.29, 0.717) is 25.7 Å². The molecule has 0 amide bonds. The van der Waals surface area contributed by atoms with Crippen LogP contribution in [0.5, 0.6) is 0 Å². The third-order valence-electron chi connectivity index (χ3n) is 9.82. The van der Waals surface area contributed by atoms with Crippen LogP contribution in [0.25, 0.3) is 0 Å². The minimum atomic E-state index is -2.32. The summed E-state index contributed by atoms with van der Waals surface area (Å²) in [5.74, 6) is -5.15. The van der Waals surface area contributed by atoms with Crippen molar-refractivity contribution in [3.63, 3.8) is 0 Å². The maximum absolute atomic E-state index is 14.0. The van der Waals surface area contributed by atoms with E-state index in [1.165, 1.54) is 6.20 Å². The Morgan fingerprint density at radius 2 is 2.03 bits per heavy atom. The Labute approximate surface area is 196 Å². The fourth-order valence-electron chi connectivity index (χ4n) is 8.44. The van der Waals surface area contributed by atoms with Crippen LogP contribution in [0.4, 0.5) is 0 Å². The molecule has 182 valence electrons. The van der Waals surface area contributed by atoms with Crippen molar-refractivity contribution in [2.45, 2.75) is 64.4 Å². The molecule has 7 rings (SSSR count). The number of aromatic nitrogens is 1. The van der Waals surface area contributed by atoms with Crippen LogP contribution in [0.3, 0.4) is 0 Å². The number of rotatable bonds is 2. The minimum Gasteiger partial charge on any atom is -0.457 e. The van der Waals surface area contributed by atoms with Crippen molar-refractivity contribution in [1.29, 1.82) is 0 Å². The summed E-state index contributed by atoms with van der Waals surface area (Å²) in [6, 6.07) is 0. The Hall–Kier alpha value is -2.36. The number of aryl methyl sites for hydroxylation is 1. The summed E-state index contributed by atoms with van der Waals surface area (Å²) >= 11 is 0. The molecule has 2 N–H and O–H groups in total. The third kappa shape index (κ3) is 2.14. The highest BCUT2D eigenvalue weighted by molar-refractivity contribution is 6.06. The number of carbonyl (C=O) groups excluding carboxylic acids is 3. The van der Waals surface area contributed by atoms with E-state index in [9.17, 15) is 24.6 Å². The molecule has 4 aliphatic carbocycles. The fourth-order valence-corrected chi connectivity index (χ4v) is 8.44. The Bertz CT molecular complexity index is 1150. The van der Waals surface area contributed by atoms with Crippen LogP contribution >= 0.6 is 0 Å². The molecule has 8 atom stereocenters. The van der Waals surface area contributed by atoms with E-state index in [1.807, 2.05) is 13.8 Å². The molecule has 0 radical (unpaired) electrons. The van der Waals surface area contributed by atoms with Crippen molar-refractivity contribution in [2.24, 2.45) is 34.0 Å². The van der Waals surface area contributed by atoms with Crippen LogP contribution in [0.2, 0.25) is 0 Å². The number of nitrogens with zero attached hydrogens (tertiary/aromatic N) is 1. The van der Waals surface area contributed by atoms with Gasteiger partial charge in [0.05, 0.1) is 18.2 Å². The molecule has 4 saturated carbocycles. The van der Waals surface area contributed by atoms with E-state index in [1.54, 1.807) is 6.92 Å². The SMILES string of the molecule is C=C1C(=O)[C@]23[C@H](OC(=O)c4cnoc4C)[C@H]1CC[C@H]2[C@@]12CO[C@]3(O)[C@@H](O)[C@@H]1C(C)(C)CCC2=O. The lowest BCUT2D eigenvalue weighted by molar-refractivity contribution is -0.436. The maximum atomic E-state index is 14.0. The van der Waals surface area contributed by atoms with Gasteiger partial charge in [0.15, 0.2) is 5.78 Å². The summed E-state index contributed by atoms with van der Waals surface area (Å²) in [7, 11) is 0. The van der Waals surface area contributed by atoms with Crippen molar-refractivity contribution in [2.75, 3.05) is 6.61 Å². The molecule has 1 aromatic heterocycles. The highest BCUT2D eigenvalue weighted by Crippen LogP contribution is 2.76. The number of fused-ring (bicyclic) bond motifs is 2. The van der Waals surface area contributed by atoms with Crippen LogP contribution in [0.1, 0.15) is 55.6 Å². The second-order valence-electron chi connectivity index (χ2n) is 11.4. The number of aliphatic hydroxyl groups excluding tert-OH is 1. The fraction of sp³-hybridized carbons (Fsp3) is 0.680. The first-order valence-electron chi connectivity index (χ1n) is 11.9. The van der Waals surface area contributed by atoms with Gasteiger partial charge in [0.1, 0.15) is 34.7 Å². The molecule has 2 saturated heterocycles. The first-order chi connectivity index (χ1) is 15.9. The molecule has 6 aliphatic rings. The lowest BCUT2D eigenvalue weighted by atomic mass is 9.36. The van der Waals surface area contributed by atoms with E-state index >= 15 is 0 Å². The molecule has 0 unspecified atom stereocenters. The molecule has 0 aromatic carbocycles. The summed E-state index contributed by atoms with van der Waals surface area (Å²) in [6.45, 7) is 9.45. The Morgan fingerprint density at radius 3 is 2.71 bits per heavy atom. The van der Waals surface area contributed by atoms with E-state index in [0.717, 1.165) is 0 Å². The summed E-state index contributed by atoms with van der Waals surface area (Å²) in [5.41, 5.74) is -3.10. The van der Waals surface area contributed by atoms with Gasteiger partial charge in [-0.2, -0.15) is 0 Å². The summed E-state index contributed by atoms with van der Waals surface area (Å²) < 4.78 is 16.9. The lowest BCUT2D eigenvalue weighted by Gasteiger charge is -2.72. The monoisotopic (exact) mass is 471 g/mol. The van der Waals surface area contributed by atoms with Crippen LogP contribution in [-0.4, -0.2) is 57.5 Å². The number of hydrogen-bond acceptors (Lipinski definition) is 9. The summed E-state index contributed by atoms with van der Waals surface area (Å²) in [6.07, 6.45) is 0.404. The van der Waals surface area contributed by atoms with E-state index < -0.39 is 63.7 Å². The zero-order chi connectivity index (χ0) is 24.4.